The number of hydrogen-bond acceptors (Lipinski definition) is 7. The first kappa shape index (κ1) is 21.6. The van der Waals surface area contributed by atoms with E-state index in [0.29, 0.717) is 24.5 Å². The average Bonchev–Trinajstić information content (AvgIpc) is 3.10. The Kier molecular flexibility index (Phi) is 7.30. The summed E-state index contributed by atoms with van der Waals surface area (Å²) in [6.07, 6.45) is 0. The molecule has 0 bridgehead atoms. The van der Waals surface area contributed by atoms with Crippen molar-refractivity contribution in [2.75, 3.05) is 19.6 Å². The molecule has 1 aromatic heterocycles. The van der Waals surface area contributed by atoms with E-state index >= 15 is 0 Å². The first-order chi connectivity index (χ1) is 13.3. The molecule has 9 nitrogen and oxygen atoms in total. The minimum absolute atomic E-state index is 0.0516. The molecule has 28 heavy (non-hydrogen) atoms. The molecule has 0 aliphatic rings. The standard InChI is InChI=1S/C18H23N3O6S/c1-4-21(5-2)28(24,25)16-8-6-14(7-9-16)18(23)19-11-17(22)26-12-15-10-13(3)27-20-15/h6-10H,4-5,11-12H2,1-3H3,(H,19,23). The van der Waals surface area contributed by atoms with Crippen LogP contribution >= 0.6 is 0 Å². The fourth-order valence-corrected chi connectivity index (χ4v) is 3.89. The largest absolute Gasteiger partial charge is 0.458 e. The number of esters is 1. The third-order valence-corrected chi connectivity index (χ3v) is 5.97. The van der Waals surface area contributed by atoms with E-state index in [-0.39, 0.29) is 23.6 Å². The topological polar surface area (TPSA) is 119 Å². The van der Waals surface area contributed by atoms with Crippen LogP contribution in [0.5, 0.6) is 0 Å². The van der Waals surface area contributed by atoms with Crippen molar-refractivity contribution in [2.45, 2.75) is 32.3 Å². The number of benzene rings is 1. The molecule has 1 aromatic carbocycles. The second-order valence-electron chi connectivity index (χ2n) is 5.89. The fourth-order valence-electron chi connectivity index (χ4n) is 2.44. The number of aromatic nitrogens is 1. The monoisotopic (exact) mass is 409 g/mol. The van der Waals surface area contributed by atoms with Crippen molar-refractivity contribution in [3.63, 3.8) is 0 Å². The third-order valence-electron chi connectivity index (χ3n) is 3.91. The molecule has 0 fully saturated rings. The van der Waals surface area contributed by atoms with Gasteiger partial charge in [0.2, 0.25) is 10.0 Å². The SMILES string of the molecule is CCN(CC)S(=O)(=O)c1ccc(C(=O)NCC(=O)OCc2cc(C)on2)cc1. The van der Waals surface area contributed by atoms with Gasteiger partial charge in [-0.1, -0.05) is 19.0 Å². The van der Waals surface area contributed by atoms with Gasteiger partial charge in [0.05, 0.1) is 4.90 Å². The third kappa shape index (κ3) is 5.40. The highest BCUT2D eigenvalue weighted by Crippen LogP contribution is 2.16. The van der Waals surface area contributed by atoms with Gasteiger partial charge in [0.25, 0.3) is 5.91 Å². The highest BCUT2D eigenvalue weighted by atomic mass is 32.2. The lowest BCUT2D eigenvalue weighted by Gasteiger charge is -2.18. The summed E-state index contributed by atoms with van der Waals surface area (Å²) < 4.78 is 36.0. The van der Waals surface area contributed by atoms with Crippen LogP contribution in [0.25, 0.3) is 0 Å². The van der Waals surface area contributed by atoms with Gasteiger partial charge < -0.3 is 14.6 Å². The van der Waals surface area contributed by atoms with Crippen LogP contribution in [-0.4, -0.2) is 49.4 Å². The maximum Gasteiger partial charge on any atom is 0.325 e. The van der Waals surface area contributed by atoms with Gasteiger partial charge in [0, 0.05) is 24.7 Å². The first-order valence-corrected chi connectivity index (χ1v) is 10.2. The molecule has 0 spiro atoms. The number of rotatable bonds is 9. The Morgan fingerprint density at radius 3 is 2.36 bits per heavy atom. The number of ether oxygens (including phenoxy) is 1. The van der Waals surface area contributed by atoms with Crippen LogP contribution in [0.3, 0.4) is 0 Å². The number of carbonyl (C=O) groups excluding carboxylic acids is 2. The predicted octanol–water partition coefficient (Wildman–Crippen LogP) is 1.49. The number of sulfonamides is 1. The van der Waals surface area contributed by atoms with Crippen LogP contribution in [0, 0.1) is 6.92 Å². The van der Waals surface area contributed by atoms with Crippen LogP contribution in [0.2, 0.25) is 0 Å². The number of aryl methyl sites for hydroxylation is 1. The van der Waals surface area contributed by atoms with E-state index in [1.165, 1.54) is 28.6 Å². The van der Waals surface area contributed by atoms with Gasteiger partial charge in [-0.3, -0.25) is 9.59 Å². The van der Waals surface area contributed by atoms with Crippen LogP contribution in [0.15, 0.2) is 39.8 Å². The number of nitrogens with zero attached hydrogens (tertiary/aromatic N) is 2. The first-order valence-electron chi connectivity index (χ1n) is 8.74. The Hall–Kier alpha value is -2.72. The summed E-state index contributed by atoms with van der Waals surface area (Å²) in [5.74, 6) is -0.540. The zero-order chi connectivity index (χ0) is 20.7. The van der Waals surface area contributed by atoms with Gasteiger partial charge in [-0.2, -0.15) is 4.31 Å². The quantitative estimate of drug-likeness (QED) is 0.623. The summed E-state index contributed by atoms with van der Waals surface area (Å²) in [5, 5.41) is 6.12. The second kappa shape index (κ2) is 9.47. The van der Waals surface area contributed by atoms with E-state index in [0.717, 1.165) is 0 Å². The van der Waals surface area contributed by atoms with Crippen LogP contribution in [0.4, 0.5) is 0 Å². The van der Waals surface area contributed by atoms with Crippen molar-refractivity contribution in [1.82, 2.24) is 14.8 Å². The average molecular weight is 409 g/mol. The molecule has 0 atom stereocenters. The molecule has 0 aliphatic carbocycles. The van der Waals surface area contributed by atoms with Gasteiger partial charge in [-0.15, -0.1) is 0 Å². The van der Waals surface area contributed by atoms with Crippen molar-refractivity contribution in [1.29, 1.82) is 0 Å². The van der Waals surface area contributed by atoms with E-state index in [1.807, 2.05) is 0 Å². The molecule has 152 valence electrons. The lowest BCUT2D eigenvalue weighted by molar-refractivity contribution is -0.143. The maximum absolute atomic E-state index is 12.4. The summed E-state index contributed by atoms with van der Waals surface area (Å²) in [4.78, 5) is 23.9. The van der Waals surface area contributed by atoms with Crippen molar-refractivity contribution < 1.29 is 27.3 Å². The van der Waals surface area contributed by atoms with Crippen molar-refractivity contribution in [3.8, 4) is 0 Å². The molecule has 2 aromatic rings. The number of nitrogens with one attached hydrogen (secondary N) is 1. The highest BCUT2D eigenvalue weighted by molar-refractivity contribution is 7.89. The minimum atomic E-state index is -3.59. The maximum atomic E-state index is 12.4. The Balaban J connectivity index is 1.89. The number of hydrogen-bond donors (Lipinski definition) is 1. The van der Waals surface area contributed by atoms with E-state index in [4.69, 9.17) is 9.26 Å². The van der Waals surface area contributed by atoms with E-state index < -0.39 is 21.9 Å². The zero-order valence-electron chi connectivity index (χ0n) is 16.0. The van der Waals surface area contributed by atoms with E-state index in [1.54, 1.807) is 26.8 Å². The van der Waals surface area contributed by atoms with Crippen molar-refractivity contribution >= 4 is 21.9 Å². The molecule has 0 aliphatic heterocycles. The van der Waals surface area contributed by atoms with E-state index in [2.05, 4.69) is 10.5 Å². The van der Waals surface area contributed by atoms with Gasteiger partial charge in [0.15, 0.2) is 0 Å². The summed E-state index contributed by atoms with van der Waals surface area (Å²) in [7, 11) is -3.59. The molecule has 1 amide bonds. The summed E-state index contributed by atoms with van der Waals surface area (Å²) in [6.45, 7) is 5.57. The number of carbonyl (C=O) groups is 2. The minimum Gasteiger partial charge on any atom is -0.458 e. The smallest absolute Gasteiger partial charge is 0.325 e. The fraction of sp³-hybridized carbons (Fsp3) is 0.389. The molecular weight excluding hydrogens is 386 g/mol. The molecule has 0 saturated carbocycles. The Bertz CT molecular complexity index is 917. The Morgan fingerprint density at radius 1 is 1.18 bits per heavy atom. The molecule has 0 unspecified atom stereocenters. The Labute approximate surface area is 163 Å². The highest BCUT2D eigenvalue weighted by Gasteiger charge is 2.21. The van der Waals surface area contributed by atoms with Crippen LogP contribution in [0.1, 0.15) is 35.7 Å². The summed E-state index contributed by atoms with van der Waals surface area (Å²) in [5.41, 5.74) is 0.709. The molecule has 2 rings (SSSR count). The normalized spacial score (nSPS) is 11.4. The summed E-state index contributed by atoms with van der Waals surface area (Å²) in [6, 6.07) is 7.17. The molecule has 1 N–H and O–H groups in total. The van der Waals surface area contributed by atoms with Gasteiger partial charge in [-0.25, -0.2) is 8.42 Å². The Morgan fingerprint density at radius 2 is 1.82 bits per heavy atom. The number of amides is 1. The van der Waals surface area contributed by atoms with Crippen molar-refractivity contribution in [3.05, 3.63) is 47.3 Å². The molecule has 0 radical (unpaired) electrons. The van der Waals surface area contributed by atoms with Crippen molar-refractivity contribution in [2.24, 2.45) is 0 Å². The van der Waals surface area contributed by atoms with E-state index in [9.17, 15) is 18.0 Å². The summed E-state index contributed by atoms with van der Waals surface area (Å²) >= 11 is 0. The molecule has 10 heteroatoms. The van der Waals surface area contributed by atoms with Gasteiger partial charge in [-0.05, 0) is 31.2 Å². The zero-order valence-corrected chi connectivity index (χ0v) is 16.8. The molecular formula is C18H23N3O6S. The predicted molar refractivity (Wildman–Crippen MR) is 99.9 cm³/mol. The van der Waals surface area contributed by atoms with Gasteiger partial charge in [0.1, 0.15) is 24.6 Å². The lowest BCUT2D eigenvalue weighted by Crippen LogP contribution is -2.31. The van der Waals surface area contributed by atoms with Gasteiger partial charge >= 0.3 is 5.97 Å². The lowest BCUT2D eigenvalue weighted by atomic mass is 10.2. The molecule has 1 heterocycles. The van der Waals surface area contributed by atoms with Crippen LogP contribution < -0.4 is 5.32 Å². The second-order valence-corrected chi connectivity index (χ2v) is 7.82. The van der Waals surface area contributed by atoms with Crippen LogP contribution in [-0.2, 0) is 26.2 Å². The molecule has 0 saturated heterocycles.